The number of fused-ring (bicyclic) bond motifs is 1. The van der Waals surface area contributed by atoms with Crippen LogP contribution < -0.4 is 10.6 Å². The monoisotopic (exact) mass is 469 g/mol. The summed E-state index contributed by atoms with van der Waals surface area (Å²) >= 11 is 0. The third-order valence-electron chi connectivity index (χ3n) is 5.05. The molecule has 0 aliphatic heterocycles. The highest BCUT2D eigenvalue weighted by atomic mass is 32.2. The van der Waals surface area contributed by atoms with Crippen molar-refractivity contribution in [1.82, 2.24) is 24.6 Å². The smallest absolute Gasteiger partial charge is 0.246 e. The lowest BCUT2D eigenvalue weighted by Gasteiger charge is -2.20. The van der Waals surface area contributed by atoms with Gasteiger partial charge in [-0.25, -0.2) is 27.3 Å². The minimum atomic E-state index is -3.86. The zero-order valence-corrected chi connectivity index (χ0v) is 19.0. The standard InChI is InChI=1S/C21H23N7O4S/c1-4-14(13-9-6-5-7-10-13)22-18-19(25-21-20(24-18)26-32-27-21)23-15-11-8-12-16(17(15)29)33(30,31)28(2)3/h5-12,14,29H,4H2,1-3H3,(H,22,24,26)(H,23,25,27)/t14-/m1/s1. The Morgan fingerprint density at radius 2 is 1.67 bits per heavy atom. The molecule has 0 saturated heterocycles. The Morgan fingerprint density at radius 3 is 2.30 bits per heavy atom. The van der Waals surface area contributed by atoms with Gasteiger partial charge in [-0.05, 0) is 34.4 Å². The predicted molar refractivity (Wildman–Crippen MR) is 123 cm³/mol. The first-order valence-electron chi connectivity index (χ1n) is 10.1. The topological polar surface area (TPSA) is 146 Å². The predicted octanol–water partition coefficient (Wildman–Crippen LogP) is 3.28. The van der Waals surface area contributed by atoms with Gasteiger partial charge in [-0.15, -0.1) is 0 Å². The number of aromatic nitrogens is 4. The minimum absolute atomic E-state index is 0.0904. The van der Waals surface area contributed by atoms with Gasteiger partial charge in [0.2, 0.25) is 21.3 Å². The fraction of sp³-hybridized carbons (Fsp3) is 0.238. The molecule has 33 heavy (non-hydrogen) atoms. The molecule has 0 saturated carbocycles. The summed E-state index contributed by atoms with van der Waals surface area (Å²) in [5.74, 6) is 0.129. The average Bonchev–Trinajstić information content (AvgIpc) is 3.26. The van der Waals surface area contributed by atoms with E-state index >= 15 is 0 Å². The van der Waals surface area contributed by atoms with Crippen LogP contribution in [0, 0.1) is 0 Å². The average molecular weight is 470 g/mol. The maximum Gasteiger partial charge on any atom is 0.246 e. The molecule has 0 bridgehead atoms. The Kier molecular flexibility index (Phi) is 6.11. The molecule has 0 aliphatic carbocycles. The van der Waals surface area contributed by atoms with E-state index < -0.39 is 15.8 Å². The van der Waals surface area contributed by atoms with Crippen molar-refractivity contribution in [3.63, 3.8) is 0 Å². The normalized spacial score (nSPS) is 12.7. The first-order valence-corrected chi connectivity index (χ1v) is 11.6. The van der Waals surface area contributed by atoms with Crippen LogP contribution in [0.3, 0.4) is 0 Å². The Hall–Kier alpha value is -3.77. The molecule has 11 nitrogen and oxygen atoms in total. The number of sulfonamides is 1. The van der Waals surface area contributed by atoms with Crippen molar-refractivity contribution in [2.24, 2.45) is 0 Å². The van der Waals surface area contributed by atoms with E-state index in [-0.39, 0.29) is 33.7 Å². The molecule has 0 fully saturated rings. The van der Waals surface area contributed by atoms with E-state index in [2.05, 4.69) is 30.9 Å². The number of phenolic OH excluding ortho intramolecular Hbond substituents is 1. The van der Waals surface area contributed by atoms with Crippen LogP contribution in [-0.4, -0.2) is 52.2 Å². The molecule has 2 heterocycles. The number of hydrogen-bond acceptors (Lipinski definition) is 10. The van der Waals surface area contributed by atoms with Crippen molar-refractivity contribution in [2.75, 3.05) is 24.7 Å². The summed E-state index contributed by atoms with van der Waals surface area (Å²) < 4.78 is 30.9. The van der Waals surface area contributed by atoms with Gasteiger partial charge in [0, 0.05) is 14.1 Å². The van der Waals surface area contributed by atoms with Crippen LogP contribution in [0.15, 0.2) is 58.1 Å². The number of benzene rings is 2. The number of hydrogen-bond donors (Lipinski definition) is 3. The van der Waals surface area contributed by atoms with Crippen LogP contribution in [0.25, 0.3) is 11.3 Å². The number of nitrogens with one attached hydrogen (secondary N) is 2. The molecule has 4 aromatic rings. The zero-order chi connectivity index (χ0) is 23.6. The zero-order valence-electron chi connectivity index (χ0n) is 18.2. The van der Waals surface area contributed by atoms with E-state index in [1.165, 1.54) is 32.3 Å². The number of anilines is 3. The maximum absolute atomic E-state index is 12.6. The highest BCUT2D eigenvalue weighted by Crippen LogP contribution is 2.36. The molecule has 2 aromatic heterocycles. The first kappa shape index (κ1) is 22.4. The summed E-state index contributed by atoms with van der Waals surface area (Å²) in [5, 5.41) is 24.5. The highest BCUT2D eigenvalue weighted by molar-refractivity contribution is 7.89. The molecule has 172 valence electrons. The summed E-state index contributed by atoms with van der Waals surface area (Å²) in [6.07, 6.45) is 0.752. The van der Waals surface area contributed by atoms with Crippen LogP contribution in [-0.2, 0) is 10.0 Å². The van der Waals surface area contributed by atoms with Gasteiger partial charge in [-0.2, -0.15) is 0 Å². The summed E-state index contributed by atoms with van der Waals surface area (Å²) in [5.41, 5.74) is 1.55. The van der Waals surface area contributed by atoms with E-state index in [0.29, 0.717) is 5.82 Å². The number of phenols is 1. The van der Waals surface area contributed by atoms with Crippen molar-refractivity contribution in [2.45, 2.75) is 24.3 Å². The van der Waals surface area contributed by atoms with Crippen molar-refractivity contribution < 1.29 is 18.2 Å². The molecular weight excluding hydrogens is 446 g/mol. The molecule has 0 spiro atoms. The third kappa shape index (κ3) is 4.43. The van der Waals surface area contributed by atoms with Gasteiger partial charge >= 0.3 is 0 Å². The Labute approximate surface area is 190 Å². The number of nitrogens with zero attached hydrogens (tertiary/aromatic N) is 5. The van der Waals surface area contributed by atoms with E-state index in [1.54, 1.807) is 0 Å². The number of rotatable bonds is 8. The van der Waals surface area contributed by atoms with Gasteiger partial charge in [0.15, 0.2) is 17.4 Å². The summed E-state index contributed by atoms with van der Waals surface area (Å²) in [6, 6.07) is 14.1. The van der Waals surface area contributed by atoms with Crippen LogP contribution in [0.4, 0.5) is 17.3 Å². The van der Waals surface area contributed by atoms with E-state index in [4.69, 9.17) is 4.63 Å². The molecule has 1 atom stereocenters. The first-order chi connectivity index (χ1) is 15.8. The second-order valence-electron chi connectivity index (χ2n) is 7.41. The second kappa shape index (κ2) is 9.00. The molecular formula is C21H23N7O4S. The number of para-hydroxylation sites is 1. The third-order valence-corrected chi connectivity index (χ3v) is 6.89. The van der Waals surface area contributed by atoms with Gasteiger partial charge in [-0.3, -0.25) is 0 Å². The van der Waals surface area contributed by atoms with Gasteiger partial charge in [0.05, 0.1) is 11.7 Å². The van der Waals surface area contributed by atoms with Gasteiger partial charge < -0.3 is 15.7 Å². The quantitative estimate of drug-likeness (QED) is 0.328. The molecule has 0 aliphatic rings. The minimum Gasteiger partial charge on any atom is -0.504 e. The largest absolute Gasteiger partial charge is 0.504 e. The fourth-order valence-corrected chi connectivity index (χ4v) is 4.25. The van der Waals surface area contributed by atoms with Gasteiger partial charge in [0.1, 0.15) is 4.90 Å². The van der Waals surface area contributed by atoms with Crippen LogP contribution in [0.5, 0.6) is 5.75 Å². The summed E-state index contributed by atoms with van der Waals surface area (Å²) in [4.78, 5) is 8.63. The van der Waals surface area contributed by atoms with Crippen molar-refractivity contribution in [1.29, 1.82) is 0 Å². The summed E-state index contributed by atoms with van der Waals surface area (Å²) in [7, 11) is -1.08. The molecule has 0 radical (unpaired) electrons. The van der Waals surface area contributed by atoms with Gasteiger partial charge in [0.25, 0.3) is 0 Å². The fourth-order valence-electron chi connectivity index (χ4n) is 3.25. The maximum atomic E-state index is 12.6. The van der Waals surface area contributed by atoms with Crippen LogP contribution in [0.1, 0.15) is 24.9 Å². The van der Waals surface area contributed by atoms with E-state index in [0.717, 1.165) is 16.3 Å². The molecule has 0 unspecified atom stereocenters. The van der Waals surface area contributed by atoms with Gasteiger partial charge in [-0.1, -0.05) is 43.3 Å². The second-order valence-corrected chi connectivity index (χ2v) is 9.53. The van der Waals surface area contributed by atoms with Crippen molar-refractivity contribution in [3.05, 3.63) is 54.1 Å². The SMILES string of the molecule is CC[C@@H](Nc1nc2nonc2nc1Nc1cccc(S(=O)(=O)N(C)C)c1O)c1ccccc1. The molecule has 3 N–H and O–H groups in total. The molecule has 4 rings (SSSR count). The van der Waals surface area contributed by atoms with Crippen molar-refractivity contribution >= 4 is 38.6 Å². The lowest BCUT2D eigenvalue weighted by molar-refractivity contribution is 0.314. The number of aromatic hydroxyl groups is 1. The lowest BCUT2D eigenvalue weighted by atomic mass is 10.0. The summed E-state index contributed by atoms with van der Waals surface area (Å²) in [6.45, 7) is 2.03. The van der Waals surface area contributed by atoms with Crippen molar-refractivity contribution in [3.8, 4) is 5.75 Å². The molecule has 2 aromatic carbocycles. The molecule has 12 heteroatoms. The Morgan fingerprint density at radius 1 is 1.00 bits per heavy atom. The van der Waals surface area contributed by atoms with E-state index in [1.807, 2.05) is 37.3 Å². The Bertz CT molecular complexity index is 1370. The van der Waals surface area contributed by atoms with Crippen LogP contribution in [0.2, 0.25) is 0 Å². The Balaban J connectivity index is 1.76. The lowest BCUT2D eigenvalue weighted by Crippen LogP contribution is -2.22. The highest BCUT2D eigenvalue weighted by Gasteiger charge is 2.24. The van der Waals surface area contributed by atoms with E-state index in [9.17, 15) is 13.5 Å². The molecule has 0 amide bonds. The van der Waals surface area contributed by atoms with Crippen LogP contribution >= 0.6 is 0 Å².